The molecular formula is C40H40ClF3N8O3. The molecule has 11 nitrogen and oxygen atoms in total. The highest BCUT2D eigenvalue weighted by molar-refractivity contribution is 6.36. The molecule has 2 unspecified atom stereocenters. The second-order valence-electron chi connectivity index (χ2n) is 14.5. The van der Waals surface area contributed by atoms with Crippen LogP contribution in [-0.4, -0.2) is 111 Å². The number of carbonyl (C=O) groups excluding carboxylic acids is 1. The average molecular weight is 773 g/mol. The number of benzene rings is 2. The SMILES string of the molecule is COc1nc(N2CCN(C(=O)/C=C/c3cc(C)nc(C)n3)C3(COC3)C2)c2cnc(-c3cccc4ccc(F)c(Cl)c34)c(F)c2n1.FC1CC2CCCN2C1. The number of amides is 1. The Bertz CT molecular complexity index is 2290. The van der Waals surface area contributed by atoms with E-state index in [0.717, 1.165) is 18.7 Å². The van der Waals surface area contributed by atoms with Crippen LogP contribution >= 0.6 is 11.6 Å². The van der Waals surface area contributed by atoms with Gasteiger partial charge < -0.3 is 19.3 Å². The van der Waals surface area contributed by atoms with Crippen molar-refractivity contribution >= 4 is 51.1 Å². The van der Waals surface area contributed by atoms with E-state index in [1.165, 1.54) is 38.3 Å². The highest BCUT2D eigenvalue weighted by Gasteiger charge is 2.50. The van der Waals surface area contributed by atoms with Gasteiger partial charge in [0, 0.05) is 61.1 Å². The molecule has 3 aromatic heterocycles. The van der Waals surface area contributed by atoms with Crippen LogP contribution in [-0.2, 0) is 9.53 Å². The first-order chi connectivity index (χ1) is 26.5. The number of piperazine rings is 1. The van der Waals surface area contributed by atoms with Crippen molar-refractivity contribution in [1.29, 1.82) is 0 Å². The summed E-state index contributed by atoms with van der Waals surface area (Å²) in [6, 6.07) is 10.4. The van der Waals surface area contributed by atoms with E-state index >= 15 is 4.39 Å². The van der Waals surface area contributed by atoms with E-state index in [-0.39, 0.29) is 28.2 Å². The number of alkyl halides is 1. The molecule has 1 spiro atoms. The van der Waals surface area contributed by atoms with Crippen molar-refractivity contribution in [3.63, 3.8) is 0 Å². The van der Waals surface area contributed by atoms with Crippen LogP contribution in [0.2, 0.25) is 5.02 Å². The highest BCUT2D eigenvalue weighted by Crippen LogP contribution is 2.40. The Labute approximate surface area is 321 Å². The number of halogens is 4. The Morgan fingerprint density at radius 2 is 1.91 bits per heavy atom. The number of pyridine rings is 1. The fourth-order valence-corrected chi connectivity index (χ4v) is 8.51. The first kappa shape index (κ1) is 37.0. The molecule has 0 N–H and O–H groups in total. The Balaban J connectivity index is 0.000000413. The summed E-state index contributed by atoms with van der Waals surface area (Å²) in [6.07, 6.45) is 7.53. The molecule has 4 fully saturated rings. The number of aromatic nitrogens is 5. The quantitative estimate of drug-likeness (QED) is 0.183. The Morgan fingerprint density at radius 3 is 2.65 bits per heavy atom. The van der Waals surface area contributed by atoms with Crippen molar-refractivity contribution in [2.45, 2.75) is 50.9 Å². The molecule has 4 aliphatic rings. The second kappa shape index (κ2) is 15.0. The maximum Gasteiger partial charge on any atom is 0.318 e. The summed E-state index contributed by atoms with van der Waals surface area (Å²) in [5.74, 6) is -0.449. The number of hydrogen-bond acceptors (Lipinski definition) is 10. The summed E-state index contributed by atoms with van der Waals surface area (Å²) in [7, 11) is 1.41. The maximum atomic E-state index is 16.4. The molecule has 4 saturated heterocycles. The molecule has 0 bridgehead atoms. The standard InChI is InChI=1S/C33H28ClF2N7O3.C7H12FN/c1-18-13-21(39-19(2)38-18)8-10-25(44)43-12-11-42(15-33(43)16-46-17-33)31-23-14-37-29(28(36)30(23)40-32(41-31)45-3)22-6-4-5-20-7-9-24(35)27(34)26(20)22;8-6-4-7-2-1-3-9(7)5-6/h4-10,13-14H,11-12,15-17H2,1-3H3;6-7H,1-5H2/b10-8+;. The van der Waals surface area contributed by atoms with Crippen LogP contribution in [0.15, 0.2) is 48.7 Å². The third-order valence-electron chi connectivity index (χ3n) is 10.8. The number of hydrogen-bond donors (Lipinski definition) is 0. The van der Waals surface area contributed by atoms with E-state index in [9.17, 15) is 13.6 Å². The molecule has 7 heterocycles. The first-order valence-corrected chi connectivity index (χ1v) is 18.7. The average Bonchev–Trinajstić information content (AvgIpc) is 3.75. The minimum absolute atomic E-state index is 0.00725. The normalized spacial score (nSPS) is 20.6. The van der Waals surface area contributed by atoms with Gasteiger partial charge in [0.2, 0.25) is 5.91 Å². The molecule has 4 aliphatic heterocycles. The third kappa shape index (κ3) is 7.07. The number of carbonyl (C=O) groups is 1. The number of fused-ring (bicyclic) bond motifs is 3. The van der Waals surface area contributed by atoms with Crippen molar-refractivity contribution in [3.05, 3.63) is 82.5 Å². The lowest BCUT2D eigenvalue weighted by atomic mass is 9.91. The molecular weight excluding hydrogens is 733 g/mol. The number of ether oxygens (including phenoxy) is 2. The third-order valence-corrected chi connectivity index (χ3v) is 11.2. The second-order valence-corrected chi connectivity index (χ2v) is 14.9. The van der Waals surface area contributed by atoms with Gasteiger partial charge in [0.1, 0.15) is 40.4 Å². The molecule has 15 heteroatoms. The topological polar surface area (TPSA) is 110 Å². The number of methoxy groups -OCH3 is 1. The summed E-state index contributed by atoms with van der Waals surface area (Å²) >= 11 is 6.34. The van der Waals surface area contributed by atoms with Crippen molar-refractivity contribution in [2.24, 2.45) is 0 Å². The van der Waals surface area contributed by atoms with Crippen molar-refractivity contribution in [3.8, 4) is 17.3 Å². The van der Waals surface area contributed by atoms with E-state index in [1.807, 2.05) is 22.8 Å². The Kier molecular flexibility index (Phi) is 10.1. The first-order valence-electron chi connectivity index (χ1n) is 18.3. The van der Waals surface area contributed by atoms with Crippen molar-refractivity contribution in [1.82, 2.24) is 34.7 Å². The lowest BCUT2D eigenvalue weighted by molar-refractivity contribution is -0.164. The molecule has 286 valence electrons. The van der Waals surface area contributed by atoms with Crippen molar-refractivity contribution in [2.75, 3.05) is 57.9 Å². The smallest absolute Gasteiger partial charge is 0.318 e. The summed E-state index contributed by atoms with van der Waals surface area (Å²) < 4.78 is 54.4. The molecule has 55 heavy (non-hydrogen) atoms. The predicted molar refractivity (Wildman–Crippen MR) is 204 cm³/mol. The van der Waals surface area contributed by atoms with Gasteiger partial charge in [-0.3, -0.25) is 14.7 Å². The van der Waals surface area contributed by atoms with Gasteiger partial charge >= 0.3 is 6.01 Å². The summed E-state index contributed by atoms with van der Waals surface area (Å²) in [6.45, 7) is 7.38. The van der Waals surface area contributed by atoms with E-state index in [1.54, 1.807) is 37.3 Å². The van der Waals surface area contributed by atoms with Crippen LogP contribution in [0.4, 0.5) is 19.0 Å². The zero-order valence-corrected chi connectivity index (χ0v) is 31.5. The zero-order valence-electron chi connectivity index (χ0n) is 30.7. The fraction of sp³-hybridized carbons (Fsp3) is 0.400. The minimum atomic E-state index is -0.719. The fourth-order valence-electron chi connectivity index (χ4n) is 8.24. The van der Waals surface area contributed by atoms with Gasteiger partial charge in [-0.05, 0) is 63.2 Å². The number of anilines is 1. The van der Waals surface area contributed by atoms with Gasteiger partial charge in [-0.1, -0.05) is 35.9 Å². The van der Waals surface area contributed by atoms with E-state index < -0.39 is 23.3 Å². The molecule has 1 amide bonds. The molecule has 5 aromatic rings. The molecule has 9 rings (SSSR count). The summed E-state index contributed by atoms with van der Waals surface area (Å²) in [5.41, 5.74) is 1.15. The van der Waals surface area contributed by atoms with Crippen LogP contribution in [0.5, 0.6) is 6.01 Å². The number of nitrogens with zero attached hydrogens (tertiary/aromatic N) is 8. The van der Waals surface area contributed by atoms with Crippen LogP contribution in [0.25, 0.3) is 39.0 Å². The highest BCUT2D eigenvalue weighted by atomic mass is 35.5. The Morgan fingerprint density at radius 1 is 1.07 bits per heavy atom. The molecule has 0 radical (unpaired) electrons. The van der Waals surface area contributed by atoms with Crippen LogP contribution in [0.3, 0.4) is 0 Å². The van der Waals surface area contributed by atoms with Gasteiger partial charge in [-0.25, -0.2) is 23.1 Å². The largest absolute Gasteiger partial charge is 0.467 e. The summed E-state index contributed by atoms with van der Waals surface area (Å²) in [4.78, 5) is 41.6. The molecule has 2 atom stereocenters. The van der Waals surface area contributed by atoms with Crippen molar-refractivity contribution < 1.29 is 27.4 Å². The van der Waals surface area contributed by atoms with E-state index in [0.29, 0.717) is 84.5 Å². The molecule has 0 aliphatic carbocycles. The van der Waals surface area contributed by atoms with E-state index in [4.69, 9.17) is 21.1 Å². The van der Waals surface area contributed by atoms with Crippen LogP contribution in [0.1, 0.15) is 36.5 Å². The summed E-state index contributed by atoms with van der Waals surface area (Å²) in [5, 5.41) is 1.24. The number of rotatable bonds is 5. The van der Waals surface area contributed by atoms with Gasteiger partial charge in [0.25, 0.3) is 0 Å². The van der Waals surface area contributed by atoms with Crippen LogP contribution < -0.4 is 9.64 Å². The lowest BCUT2D eigenvalue weighted by Gasteiger charge is -2.55. The van der Waals surface area contributed by atoms with Gasteiger partial charge in [-0.15, -0.1) is 0 Å². The van der Waals surface area contributed by atoms with E-state index in [2.05, 4.69) is 29.8 Å². The minimum Gasteiger partial charge on any atom is -0.467 e. The van der Waals surface area contributed by atoms with Gasteiger partial charge in [-0.2, -0.15) is 9.97 Å². The lowest BCUT2D eigenvalue weighted by Crippen LogP contribution is -2.72. The number of aryl methyl sites for hydroxylation is 2. The predicted octanol–water partition coefficient (Wildman–Crippen LogP) is 6.52. The van der Waals surface area contributed by atoms with Gasteiger partial charge in [0.05, 0.1) is 36.4 Å². The monoisotopic (exact) mass is 772 g/mol. The maximum absolute atomic E-state index is 16.4. The molecule has 0 saturated carbocycles. The van der Waals surface area contributed by atoms with Crippen LogP contribution in [0, 0.1) is 25.5 Å². The molecule has 2 aromatic carbocycles. The zero-order chi connectivity index (χ0) is 38.4. The van der Waals surface area contributed by atoms with Gasteiger partial charge in [0.15, 0.2) is 5.82 Å². The Hall–Kier alpha value is -4.92.